The predicted octanol–water partition coefficient (Wildman–Crippen LogP) is 3.11. The van der Waals surface area contributed by atoms with Gasteiger partial charge in [0.2, 0.25) is 0 Å². The Kier molecular flexibility index (Phi) is 3.19. The third-order valence-electron chi connectivity index (χ3n) is 3.74. The average Bonchev–Trinajstić information content (AvgIpc) is 2.99. The Morgan fingerprint density at radius 3 is 2.58 bits per heavy atom. The second-order valence-corrected chi connectivity index (χ2v) is 5.37. The van der Waals surface area contributed by atoms with Crippen LogP contribution < -0.4 is 5.73 Å². The van der Waals surface area contributed by atoms with Gasteiger partial charge in [-0.1, -0.05) is 6.07 Å². The van der Waals surface area contributed by atoms with Gasteiger partial charge >= 0.3 is 0 Å². The minimum Gasteiger partial charge on any atom is -0.369 e. The van der Waals surface area contributed by atoms with Crippen molar-refractivity contribution in [2.45, 2.75) is 6.92 Å². The zero-order valence-corrected chi connectivity index (χ0v) is 12.8. The first-order valence-electron chi connectivity index (χ1n) is 7.32. The van der Waals surface area contributed by atoms with Gasteiger partial charge in [-0.05, 0) is 31.2 Å². The molecular formula is C17H13FN6. The number of hydrogen-bond acceptors (Lipinski definition) is 5. The summed E-state index contributed by atoms with van der Waals surface area (Å²) >= 11 is 0. The van der Waals surface area contributed by atoms with Gasteiger partial charge in [0.05, 0.1) is 28.1 Å². The van der Waals surface area contributed by atoms with E-state index in [0.29, 0.717) is 22.8 Å². The lowest BCUT2D eigenvalue weighted by Crippen LogP contribution is -1.93. The lowest BCUT2D eigenvalue weighted by Gasteiger charge is -2.05. The van der Waals surface area contributed by atoms with Gasteiger partial charge in [-0.15, -0.1) is 0 Å². The van der Waals surface area contributed by atoms with E-state index in [2.05, 4.69) is 24.9 Å². The summed E-state index contributed by atoms with van der Waals surface area (Å²) in [5.74, 6) is -0.0900. The van der Waals surface area contributed by atoms with Gasteiger partial charge in [0.1, 0.15) is 11.5 Å². The second-order valence-electron chi connectivity index (χ2n) is 5.37. The monoisotopic (exact) mass is 320 g/mol. The summed E-state index contributed by atoms with van der Waals surface area (Å²) in [6.07, 6.45) is 3.28. The summed E-state index contributed by atoms with van der Waals surface area (Å²) in [7, 11) is 0. The number of aryl methyl sites for hydroxylation is 1. The van der Waals surface area contributed by atoms with Crippen molar-refractivity contribution in [1.82, 2.24) is 24.9 Å². The first-order chi connectivity index (χ1) is 11.6. The van der Waals surface area contributed by atoms with Crippen molar-refractivity contribution in [3.8, 4) is 22.6 Å². The van der Waals surface area contributed by atoms with Gasteiger partial charge in [-0.3, -0.25) is 9.97 Å². The molecule has 0 radical (unpaired) electrons. The first kappa shape index (κ1) is 14.3. The molecular weight excluding hydrogens is 307 g/mol. The number of benzene rings is 1. The van der Waals surface area contributed by atoms with E-state index in [0.717, 1.165) is 16.6 Å². The van der Waals surface area contributed by atoms with Crippen LogP contribution in [0.5, 0.6) is 0 Å². The highest BCUT2D eigenvalue weighted by molar-refractivity contribution is 5.85. The number of fused-ring (bicyclic) bond motifs is 1. The molecule has 0 fully saturated rings. The van der Waals surface area contributed by atoms with Crippen LogP contribution in [-0.4, -0.2) is 24.9 Å². The van der Waals surface area contributed by atoms with Gasteiger partial charge < -0.3 is 10.7 Å². The Morgan fingerprint density at radius 2 is 1.79 bits per heavy atom. The highest BCUT2D eigenvalue weighted by Crippen LogP contribution is 2.31. The lowest BCUT2D eigenvalue weighted by molar-refractivity contribution is 0.610. The topological polar surface area (TPSA) is 93.4 Å². The van der Waals surface area contributed by atoms with E-state index in [-0.39, 0.29) is 11.8 Å². The molecule has 7 heteroatoms. The first-order valence-corrected chi connectivity index (χ1v) is 7.32. The average molecular weight is 320 g/mol. The number of H-pyrrole nitrogens is 1. The minimum absolute atomic E-state index is 0.267. The van der Waals surface area contributed by atoms with Crippen LogP contribution in [0.2, 0.25) is 0 Å². The van der Waals surface area contributed by atoms with Crippen molar-refractivity contribution in [2.24, 2.45) is 0 Å². The molecule has 0 amide bonds. The number of pyridine rings is 1. The van der Waals surface area contributed by atoms with Crippen molar-refractivity contribution in [3.05, 3.63) is 54.2 Å². The van der Waals surface area contributed by atoms with Crippen LogP contribution in [0, 0.1) is 12.7 Å². The second kappa shape index (κ2) is 5.38. The number of anilines is 1. The fourth-order valence-corrected chi connectivity index (χ4v) is 2.58. The van der Waals surface area contributed by atoms with Crippen LogP contribution >= 0.6 is 0 Å². The molecule has 0 saturated carbocycles. The molecule has 0 unspecified atom stereocenters. The molecule has 1 aromatic carbocycles. The Morgan fingerprint density at radius 1 is 1.00 bits per heavy atom. The zero-order chi connectivity index (χ0) is 16.7. The van der Waals surface area contributed by atoms with Crippen molar-refractivity contribution < 1.29 is 4.39 Å². The number of nitrogens with zero attached hydrogens (tertiary/aromatic N) is 4. The largest absolute Gasteiger partial charge is 0.369 e. The fraction of sp³-hybridized carbons (Fsp3) is 0.0588. The number of imidazole rings is 1. The molecule has 0 aliphatic carbocycles. The standard InChI is InChI=1S/C17H13FN6/c1-9-11(18)3-5-13(22-9)16-15(23-17(19)24-16)10-2-4-12-14(8-10)21-7-6-20-12/h2-8H,1H3,(H3,19,23,24). The molecule has 3 aromatic heterocycles. The summed E-state index contributed by atoms with van der Waals surface area (Å²) in [6, 6.07) is 8.64. The Bertz CT molecular complexity index is 1060. The van der Waals surface area contributed by atoms with Crippen LogP contribution in [0.3, 0.4) is 0 Å². The van der Waals surface area contributed by atoms with Crippen LogP contribution in [0.4, 0.5) is 10.3 Å². The summed E-state index contributed by atoms with van der Waals surface area (Å²) in [5, 5.41) is 0. The molecule has 0 aliphatic rings. The quantitative estimate of drug-likeness (QED) is 0.592. The van der Waals surface area contributed by atoms with Crippen LogP contribution in [0.15, 0.2) is 42.7 Å². The van der Waals surface area contributed by atoms with Gasteiger partial charge in [-0.2, -0.15) is 0 Å². The molecule has 0 bridgehead atoms. The van der Waals surface area contributed by atoms with Gasteiger partial charge in [0.15, 0.2) is 5.95 Å². The molecule has 4 aromatic rings. The van der Waals surface area contributed by atoms with E-state index in [1.54, 1.807) is 25.4 Å². The minimum atomic E-state index is -0.357. The molecule has 0 spiro atoms. The molecule has 24 heavy (non-hydrogen) atoms. The van der Waals surface area contributed by atoms with Crippen molar-refractivity contribution in [1.29, 1.82) is 0 Å². The third kappa shape index (κ3) is 2.36. The summed E-state index contributed by atoms with van der Waals surface area (Å²) in [4.78, 5) is 20.2. The normalized spacial score (nSPS) is 11.1. The Hall–Kier alpha value is -3.35. The highest BCUT2D eigenvalue weighted by atomic mass is 19.1. The van der Waals surface area contributed by atoms with Gasteiger partial charge in [0, 0.05) is 18.0 Å². The highest BCUT2D eigenvalue weighted by Gasteiger charge is 2.16. The van der Waals surface area contributed by atoms with E-state index < -0.39 is 0 Å². The Labute approximate surface area is 136 Å². The zero-order valence-electron chi connectivity index (χ0n) is 12.8. The SMILES string of the molecule is Cc1nc(-c2nc(N)[nH]c2-c2ccc3nccnc3c2)ccc1F. The van der Waals surface area contributed by atoms with E-state index >= 15 is 0 Å². The smallest absolute Gasteiger partial charge is 0.198 e. The van der Waals surface area contributed by atoms with Crippen molar-refractivity contribution >= 4 is 17.0 Å². The summed E-state index contributed by atoms with van der Waals surface area (Å²) in [6.45, 7) is 1.61. The van der Waals surface area contributed by atoms with Crippen LogP contribution in [0.25, 0.3) is 33.7 Å². The molecule has 0 aliphatic heterocycles. The summed E-state index contributed by atoms with van der Waals surface area (Å²) in [5.41, 5.74) is 10.4. The summed E-state index contributed by atoms with van der Waals surface area (Å²) < 4.78 is 13.5. The van der Waals surface area contributed by atoms with Crippen molar-refractivity contribution in [2.75, 3.05) is 5.73 Å². The molecule has 4 rings (SSSR count). The number of hydrogen-bond donors (Lipinski definition) is 2. The van der Waals surface area contributed by atoms with E-state index in [1.807, 2.05) is 18.2 Å². The molecule has 3 heterocycles. The Balaban J connectivity index is 1.90. The van der Waals surface area contributed by atoms with E-state index in [4.69, 9.17) is 5.73 Å². The molecule has 0 atom stereocenters. The number of nitrogen functional groups attached to an aromatic ring is 1. The predicted molar refractivity (Wildman–Crippen MR) is 89.5 cm³/mol. The van der Waals surface area contributed by atoms with Crippen molar-refractivity contribution in [3.63, 3.8) is 0 Å². The van der Waals surface area contributed by atoms with Gasteiger partial charge in [0.25, 0.3) is 0 Å². The van der Waals surface area contributed by atoms with Gasteiger partial charge in [-0.25, -0.2) is 14.4 Å². The van der Waals surface area contributed by atoms with E-state index in [9.17, 15) is 4.39 Å². The molecule has 0 saturated heterocycles. The van der Waals surface area contributed by atoms with Crippen LogP contribution in [-0.2, 0) is 0 Å². The number of aromatic nitrogens is 5. The maximum atomic E-state index is 13.5. The number of nitrogens with one attached hydrogen (secondary N) is 1. The number of nitrogens with two attached hydrogens (primary N) is 1. The molecule has 118 valence electrons. The number of aromatic amines is 1. The maximum absolute atomic E-state index is 13.5. The number of halogens is 1. The fourth-order valence-electron chi connectivity index (χ4n) is 2.58. The third-order valence-corrected chi connectivity index (χ3v) is 3.74. The molecule has 3 N–H and O–H groups in total. The molecule has 6 nitrogen and oxygen atoms in total. The lowest BCUT2D eigenvalue weighted by atomic mass is 10.1. The van der Waals surface area contributed by atoms with E-state index in [1.165, 1.54) is 6.07 Å². The maximum Gasteiger partial charge on any atom is 0.198 e. The van der Waals surface area contributed by atoms with Crippen LogP contribution in [0.1, 0.15) is 5.69 Å². The number of rotatable bonds is 2.